The Balaban J connectivity index is 1.66. The summed E-state index contributed by atoms with van der Waals surface area (Å²) in [6, 6.07) is 2.69. The van der Waals surface area contributed by atoms with Crippen LogP contribution < -0.4 is 0 Å². The molecule has 1 aliphatic heterocycles. The molecule has 0 saturated carbocycles. The number of β-amino-alcohol motifs (C(OH)–C–C–N with tert-alkyl or cyclic N) is 1. The molecule has 0 aliphatic carbocycles. The van der Waals surface area contributed by atoms with Crippen molar-refractivity contribution in [3.05, 3.63) is 22.4 Å². The number of hydrogen-bond acceptors (Lipinski definition) is 6. The van der Waals surface area contributed by atoms with Gasteiger partial charge in [-0.3, -0.25) is 9.80 Å². The first-order valence-electron chi connectivity index (χ1n) is 8.37. The number of aliphatic hydroxyl groups excluding tert-OH is 1. The van der Waals surface area contributed by atoms with E-state index in [9.17, 15) is 5.11 Å². The lowest BCUT2D eigenvalue weighted by Gasteiger charge is -2.38. The molecule has 2 heterocycles. The van der Waals surface area contributed by atoms with Crippen molar-refractivity contribution >= 4 is 11.3 Å². The molecule has 0 bridgehead atoms. The zero-order valence-corrected chi connectivity index (χ0v) is 15.3. The summed E-state index contributed by atoms with van der Waals surface area (Å²) in [6.45, 7) is 9.94. The lowest BCUT2D eigenvalue weighted by molar-refractivity contribution is -0.0435. The molecule has 1 aliphatic rings. The molecule has 132 valence electrons. The van der Waals surface area contributed by atoms with Crippen molar-refractivity contribution in [1.82, 2.24) is 9.80 Å². The number of methoxy groups -OCH3 is 1. The minimum Gasteiger partial charge on any atom is -0.389 e. The molecule has 0 aromatic carbocycles. The predicted octanol–water partition coefficient (Wildman–Crippen LogP) is 1.84. The Morgan fingerprint density at radius 3 is 2.57 bits per heavy atom. The van der Waals surface area contributed by atoms with Crippen LogP contribution in [0.15, 0.2) is 16.8 Å². The van der Waals surface area contributed by atoms with Crippen molar-refractivity contribution < 1.29 is 14.6 Å². The third-order valence-corrected chi connectivity index (χ3v) is 5.13. The van der Waals surface area contributed by atoms with Gasteiger partial charge in [0.15, 0.2) is 0 Å². The van der Waals surface area contributed by atoms with Crippen LogP contribution in [-0.4, -0.2) is 80.2 Å². The molecule has 2 rings (SSSR count). The van der Waals surface area contributed by atoms with E-state index in [1.54, 1.807) is 18.4 Å². The van der Waals surface area contributed by atoms with E-state index >= 15 is 0 Å². The van der Waals surface area contributed by atoms with Gasteiger partial charge in [-0.25, -0.2) is 0 Å². The number of aliphatic hydroxyl groups is 1. The Hall–Kier alpha value is -0.500. The van der Waals surface area contributed by atoms with E-state index in [2.05, 4.69) is 33.6 Å². The second kappa shape index (κ2) is 9.71. The highest BCUT2D eigenvalue weighted by Gasteiger charge is 2.23. The van der Waals surface area contributed by atoms with E-state index in [0.29, 0.717) is 25.8 Å². The number of rotatable bonds is 9. The molecular weight excluding hydrogens is 312 g/mol. The predicted molar refractivity (Wildman–Crippen MR) is 94.0 cm³/mol. The largest absolute Gasteiger partial charge is 0.389 e. The molecule has 0 radical (unpaired) electrons. The lowest BCUT2D eigenvalue weighted by Crippen LogP contribution is -2.49. The van der Waals surface area contributed by atoms with Crippen molar-refractivity contribution in [2.75, 3.05) is 53.0 Å². The summed E-state index contributed by atoms with van der Waals surface area (Å²) in [7, 11) is 1.66. The molecule has 23 heavy (non-hydrogen) atoms. The number of ether oxygens (including phenoxy) is 2. The first-order valence-corrected chi connectivity index (χ1v) is 9.31. The van der Waals surface area contributed by atoms with Gasteiger partial charge in [0.2, 0.25) is 0 Å². The van der Waals surface area contributed by atoms with Crippen LogP contribution in [0.3, 0.4) is 0 Å². The maximum atomic E-state index is 10.1. The zero-order chi connectivity index (χ0) is 16.7. The van der Waals surface area contributed by atoms with Gasteiger partial charge in [0.1, 0.15) is 0 Å². The van der Waals surface area contributed by atoms with E-state index in [1.807, 2.05) is 6.92 Å². The van der Waals surface area contributed by atoms with E-state index in [4.69, 9.17) is 9.47 Å². The molecule has 0 amide bonds. The topological polar surface area (TPSA) is 45.2 Å². The van der Waals surface area contributed by atoms with Gasteiger partial charge >= 0.3 is 0 Å². The van der Waals surface area contributed by atoms with Crippen LogP contribution in [0.1, 0.15) is 25.5 Å². The van der Waals surface area contributed by atoms with Crippen molar-refractivity contribution in [1.29, 1.82) is 0 Å². The summed E-state index contributed by atoms with van der Waals surface area (Å²) in [6.07, 6.45) is -0.409. The average molecular weight is 343 g/mol. The Bertz CT molecular complexity index is 421. The Kier molecular flexibility index (Phi) is 7.95. The van der Waals surface area contributed by atoms with Crippen molar-refractivity contribution in [3.63, 3.8) is 0 Å². The second-order valence-corrected chi connectivity index (χ2v) is 7.10. The average Bonchev–Trinajstić information content (AvgIpc) is 3.08. The van der Waals surface area contributed by atoms with Crippen molar-refractivity contribution in [2.45, 2.75) is 32.1 Å². The summed E-state index contributed by atoms with van der Waals surface area (Å²) < 4.78 is 10.6. The minimum absolute atomic E-state index is 0.0259. The maximum Gasteiger partial charge on any atom is 0.0900 e. The van der Waals surface area contributed by atoms with Crippen LogP contribution in [0, 0.1) is 0 Å². The molecule has 1 fully saturated rings. The second-order valence-electron chi connectivity index (χ2n) is 6.32. The Morgan fingerprint density at radius 1 is 1.22 bits per heavy atom. The van der Waals surface area contributed by atoms with Crippen LogP contribution in [0.5, 0.6) is 0 Å². The van der Waals surface area contributed by atoms with Gasteiger partial charge in [-0.05, 0) is 36.2 Å². The molecule has 1 aromatic rings. The number of nitrogens with zero attached hydrogens (tertiary/aromatic N) is 2. The highest BCUT2D eigenvalue weighted by molar-refractivity contribution is 7.07. The molecule has 1 saturated heterocycles. The van der Waals surface area contributed by atoms with E-state index in [1.165, 1.54) is 5.56 Å². The normalized spacial score (nSPS) is 21.2. The summed E-state index contributed by atoms with van der Waals surface area (Å²) in [5.41, 5.74) is 1.41. The highest BCUT2D eigenvalue weighted by atomic mass is 32.1. The van der Waals surface area contributed by atoms with Gasteiger partial charge in [0.05, 0.1) is 25.4 Å². The zero-order valence-electron chi connectivity index (χ0n) is 14.5. The summed E-state index contributed by atoms with van der Waals surface area (Å²) in [4.78, 5) is 4.84. The first-order chi connectivity index (χ1) is 11.1. The number of thiophene rings is 1. The van der Waals surface area contributed by atoms with Crippen molar-refractivity contribution in [3.8, 4) is 0 Å². The fourth-order valence-electron chi connectivity index (χ4n) is 2.97. The number of hydrogen-bond donors (Lipinski definition) is 1. The summed E-state index contributed by atoms with van der Waals surface area (Å²) in [5.74, 6) is 0. The summed E-state index contributed by atoms with van der Waals surface area (Å²) in [5, 5.41) is 14.5. The van der Waals surface area contributed by atoms with Crippen LogP contribution in [0.4, 0.5) is 0 Å². The fourth-order valence-corrected chi connectivity index (χ4v) is 3.71. The van der Waals surface area contributed by atoms with Gasteiger partial charge in [-0.15, -0.1) is 0 Å². The monoisotopic (exact) mass is 342 g/mol. The van der Waals surface area contributed by atoms with Gasteiger partial charge in [-0.2, -0.15) is 11.3 Å². The molecule has 1 N–H and O–H groups in total. The van der Waals surface area contributed by atoms with E-state index in [-0.39, 0.29) is 6.10 Å². The van der Waals surface area contributed by atoms with Gasteiger partial charge in [-0.1, -0.05) is 0 Å². The van der Waals surface area contributed by atoms with Crippen LogP contribution in [0.2, 0.25) is 0 Å². The van der Waals surface area contributed by atoms with Crippen LogP contribution in [0.25, 0.3) is 0 Å². The highest BCUT2D eigenvalue weighted by Crippen LogP contribution is 2.23. The van der Waals surface area contributed by atoms with E-state index < -0.39 is 6.10 Å². The smallest absolute Gasteiger partial charge is 0.0900 e. The molecular formula is C17H30N2O3S. The Morgan fingerprint density at radius 2 is 1.96 bits per heavy atom. The van der Waals surface area contributed by atoms with E-state index in [0.717, 1.165) is 26.2 Å². The lowest BCUT2D eigenvalue weighted by atomic mass is 10.1. The quantitative estimate of drug-likeness (QED) is 0.742. The number of piperazine rings is 1. The molecule has 0 spiro atoms. The fraction of sp³-hybridized carbons (Fsp3) is 0.765. The van der Waals surface area contributed by atoms with Crippen LogP contribution >= 0.6 is 11.3 Å². The molecule has 3 atom stereocenters. The molecule has 6 heteroatoms. The van der Waals surface area contributed by atoms with Crippen molar-refractivity contribution in [2.24, 2.45) is 0 Å². The molecule has 0 unspecified atom stereocenters. The van der Waals surface area contributed by atoms with Gasteiger partial charge in [0, 0.05) is 45.9 Å². The molecule has 1 aromatic heterocycles. The van der Waals surface area contributed by atoms with Gasteiger partial charge < -0.3 is 14.6 Å². The third kappa shape index (κ3) is 6.14. The van der Waals surface area contributed by atoms with Crippen LogP contribution in [-0.2, 0) is 9.47 Å². The molecule has 5 nitrogen and oxygen atoms in total. The first kappa shape index (κ1) is 18.8. The third-order valence-electron chi connectivity index (χ3n) is 4.42. The Labute approximate surface area is 143 Å². The SMILES string of the molecule is COC[C@H](C)OC[C@H](O)CN1CCN([C@@H](C)c2ccsc2)CC1. The van der Waals surface area contributed by atoms with Gasteiger partial charge in [0.25, 0.3) is 0 Å². The summed E-state index contributed by atoms with van der Waals surface area (Å²) >= 11 is 1.76. The standard InChI is InChI=1S/C17H30N2O3S/c1-14(11-21-3)22-12-17(20)10-18-5-7-19(8-6-18)15(2)16-4-9-23-13-16/h4,9,13-15,17,20H,5-8,10-12H2,1-3H3/t14-,15-,17+/m0/s1. The minimum atomic E-state index is -0.435. The maximum absolute atomic E-state index is 10.1.